The quantitative estimate of drug-likeness (QED) is 0.621. The minimum atomic E-state index is -0.503. The summed E-state index contributed by atoms with van der Waals surface area (Å²) < 4.78 is 0. The van der Waals surface area contributed by atoms with Crippen LogP contribution in [0.1, 0.15) is 33.2 Å². The summed E-state index contributed by atoms with van der Waals surface area (Å²) in [4.78, 5) is 56.4. The Kier molecular flexibility index (Phi) is 4.82. The lowest BCUT2D eigenvalue weighted by atomic mass is 10.1. The molecular formula is C23H18N4O4S. The number of hydrogen-bond donors (Lipinski definition) is 1. The smallest absolute Gasteiger partial charge is 0.262 e. The molecule has 0 atom stereocenters. The number of anilines is 2. The van der Waals surface area contributed by atoms with Gasteiger partial charge < -0.3 is 10.2 Å². The van der Waals surface area contributed by atoms with E-state index in [0.29, 0.717) is 28.5 Å². The topological polar surface area (TPSA) is 99.7 Å². The molecule has 0 saturated heterocycles. The van der Waals surface area contributed by atoms with Crippen LogP contribution in [0.2, 0.25) is 0 Å². The Morgan fingerprint density at radius 3 is 2.50 bits per heavy atom. The van der Waals surface area contributed by atoms with Crippen molar-refractivity contribution in [3.63, 3.8) is 0 Å². The van der Waals surface area contributed by atoms with Crippen LogP contribution in [0.25, 0.3) is 11.3 Å². The van der Waals surface area contributed by atoms with Gasteiger partial charge in [-0.05, 0) is 30.2 Å². The molecule has 9 heteroatoms. The van der Waals surface area contributed by atoms with Gasteiger partial charge in [0.25, 0.3) is 11.8 Å². The molecule has 32 heavy (non-hydrogen) atoms. The van der Waals surface area contributed by atoms with Gasteiger partial charge in [-0.1, -0.05) is 24.3 Å². The summed E-state index contributed by atoms with van der Waals surface area (Å²) in [5, 5.41) is 4.84. The molecule has 2 aromatic carbocycles. The second-order valence-corrected chi connectivity index (χ2v) is 8.45. The predicted octanol–water partition coefficient (Wildman–Crippen LogP) is 2.95. The monoisotopic (exact) mass is 446 g/mol. The molecule has 3 heterocycles. The van der Waals surface area contributed by atoms with Gasteiger partial charge in [0, 0.05) is 30.1 Å². The first-order valence-electron chi connectivity index (χ1n) is 10.0. The fourth-order valence-electron chi connectivity index (χ4n) is 4.01. The third-order valence-corrected chi connectivity index (χ3v) is 6.34. The first-order valence-corrected chi connectivity index (χ1v) is 10.9. The zero-order valence-corrected chi connectivity index (χ0v) is 17.9. The van der Waals surface area contributed by atoms with Crippen LogP contribution < -0.4 is 10.2 Å². The van der Waals surface area contributed by atoms with Gasteiger partial charge in [-0.3, -0.25) is 24.1 Å². The molecule has 0 bridgehead atoms. The summed E-state index contributed by atoms with van der Waals surface area (Å²) in [7, 11) is 0. The van der Waals surface area contributed by atoms with E-state index >= 15 is 0 Å². The zero-order chi connectivity index (χ0) is 22.4. The average Bonchev–Trinajstić information content (AvgIpc) is 3.47. The first kappa shape index (κ1) is 20.1. The molecule has 0 unspecified atom stereocenters. The molecule has 160 valence electrons. The van der Waals surface area contributed by atoms with E-state index in [0.717, 1.165) is 28.1 Å². The number of carbonyl (C=O) groups is 4. The number of carbonyl (C=O) groups excluding carboxylic acids is 4. The van der Waals surface area contributed by atoms with Gasteiger partial charge in [0.15, 0.2) is 5.13 Å². The van der Waals surface area contributed by atoms with Crippen molar-refractivity contribution in [2.75, 3.05) is 23.3 Å². The van der Waals surface area contributed by atoms with E-state index in [4.69, 9.17) is 0 Å². The highest BCUT2D eigenvalue weighted by Crippen LogP contribution is 2.34. The SMILES string of the molecule is CC(=O)N1CCc2ccc(-c3csc(NC(=O)CN4C(=O)c5ccccc5C4=O)n3)cc21. The predicted molar refractivity (Wildman–Crippen MR) is 120 cm³/mol. The molecule has 8 nitrogen and oxygen atoms in total. The van der Waals surface area contributed by atoms with E-state index in [1.165, 1.54) is 11.3 Å². The van der Waals surface area contributed by atoms with Crippen LogP contribution >= 0.6 is 11.3 Å². The molecule has 4 amide bonds. The largest absolute Gasteiger partial charge is 0.312 e. The molecule has 0 fully saturated rings. The summed E-state index contributed by atoms with van der Waals surface area (Å²) in [6.45, 7) is 1.84. The lowest BCUT2D eigenvalue weighted by molar-refractivity contribution is -0.117. The van der Waals surface area contributed by atoms with E-state index in [1.807, 2.05) is 23.6 Å². The fourth-order valence-corrected chi connectivity index (χ4v) is 4.75. The Morgan fingerprint density at radius 2 is 1.81 bits per heavy atom. The van der Waals surface area contributed by atoms with Crippen molar-refractivity contribution in [2.24, 2.45) is 0 Å². The second kappa shape index (κ2) is 7.69. The number of fused-ring (bicyclic) bond motifs is 2. The minimum Gasteiger partial charge on any atom is -0.312 e. The molecule has 2 aliphatic rings. The zero-order valence-electron chi connectivity index (χ0n) is 17.1. The maximum Gasteiger partial charge on any atom is 0.262 e. The number of imide groups is 1. The van der Waals surface area contributed by atoms with Crippen molar-refractivity contribution < 1.29 is 19.2 Å². The molecule has 0 aliphatic carbocycles. The average molecular weight is 446 g/mol. The fraction of sp³-hybridized carbons (Fsp3) is 0.174. The van der Waals surface area contributed by atoms with Gasteiger partial charge in [-0.25, -0.2) is 4.98 Å². The normalized spacial score (nSPS) is 14.5. The molecule has 0 radical (unpaired) electrons. The number of nitrogens with one attached hydrogen (secondary N) is 1. The molecule has 5 rings (SSSR count). The van der Waals surface area contributed by atoms with Gasteiger partial charge >= 0.3 is 0 Å². The number of amides is 4. The maximum atomic E-state index is 12.5. The lowest BCUT2D eigenvalue weighted by Gasteiger charge is -2.15. The van der Waals surface area contributed by atoms with Crippen molar-refractivity contribution in [3.05, 3.63) is 64.5 Å². The minimum absolute atomic E-state index is 0.000267. The van der Waals surface area contributed by atoms with E-state index in [2.05, 4.69) is 10.3 Å². The summed E-state index contributed by atoms with van der Waals surface area (Å²) in [6, 6.07) is 12.4. The maximum absolute atomic E-state index is 12.5. The van der Waals surface area contributed by atoms with Crippen LogP contribution in [0.5, 0.6) is 0 Å². The molecule has 3 aromatic rings. The molecule has 1 N–H and O–H groups in total. The van der Waals surface area contributed by atoms with E-state index in [1.54, 1.807) is 36.1 Å². The van der Waals surface area contributed by atoms with Gasteiger partial charge in [0.05, 0.1) is 16.8 Å². The molecule has 0 spiro atoms. The summed E-state index contributed by atoms with van der Waals surface area (Å²) >= 11 is 1.25. The summed E-state index contributed by atoms with van der Waals surface area (Å²) in [6.07, 6.45) is 0.825. The number of hydrogen-bond acceptors (Lipinski definition) is 6. The van der Waals surface area contributed by atoms with Gasteiger partial charge in [-0.15, -0.1) is 11.3 Å². The Bertz CT molecular complexity index is 1260. The van der Waals surface area contributed by atoms with Crippen LogP contribution in [0.4, 0.5) is 10.8 Å². The van der Waals surface area contributed by atoms with Gasteiger partial charge in [-0.2, -0.15) is 0 Å². The number of nitrogens with zero attached hydrogens (tertiary/aromatic N) is 3. The first-order chi connectivity index (χ1) is 15.4. The third kappa shape index (κ3) is 3.36. The molecule has 0 saturated carbocycles. The highest BCUT2D eigenvalue weighted by molar-refractivity contribution is 7.14. The van der Waals surface area contributed by atoms with E-state index in [9.17, 15) is 19.2 Å². The number of aromatic nitrogens is 1. The highest BCUT2D eigenvalue weighted by Gasteiger charge is 2.36. The summed E-state index contributed by atoms with van der Waals surface area (Å²) in [5.74, 6) is -1.46. The van der Waals surface area contributed by atoms with Gasteiger partial charge in [0.1, 0.15) is 6.54 Å². The van der Waals surface area contributed by atoms with Crippen molar-refractivity contribution in [1.29, 1.82) is 0 Å². The van der Waals surface area contributed by atoms with Crippen LogP contribution in [-0.2, 0) is 16.0 Å². The van der Waals surface area contributed by atoms with Gasteiger partial charge in [0.2, 0.25) is 11.8 Å². The number of rotatable bonds is 4. The Balaban J connectivity index is 1.29. The Morgan fingerprint density at radius 1 is 1.09 bits per heavy atom. The third-order valence-electron chi connectivity index (χ3n) is 5.59. The van der Waals surface area contributed by atoms with Crippen LogP contribution in [-0.4, -0.2) is 46.6 Å². The lowest BCUT2D eigenvalue weighted by Crippen LogP contribution is -2.37. The van der Waals surface area contributed by atoms with E-state index < -0.39 is 17.7 Å². The van der Waals surface area contributed by atoms with Crippen LogP contribution in [0.3, 0.4) is 0 Å². The van der Waals surface area contributed by atoms with Crippen LogP contribution in [0.15, 0.2) is 47.8 Å². The highest BCUT2D eigenvalue weighted by atomic mass is 32.1. The van der Waals surface area contributed by atoms with Crippen LogP contribution in [0, 0.1) is 0 Å². The van der Waals surface area contributed by atoms with Crippen molar-refractivity contribution in [3.8, 4) is 11.3 Å². The molecular weight excluding hydrogens is 428 g/mol. The Labute approximate surface area is 187 Å². The van der Waals surface area contributed by atoms with Crippen molar-refractivity contribution in [2.45, 2.75) is 13.3 Å². The number of thiazole rings is 1. The summed E-state index contributed by atoms with van der Waals surface area (Å²) in [5.41, 5.74) is 4.13. The molecule has 2 aliphatic heterocycles. The Hall–Kier alpha value is -3.85. The number of benzene rings is 2. The standard InChI is InChI=1S/C23H18N4O4S/c1-13(28)26-9-8-14-6-7-15(10-19(14)26)18-12-32-23(24-18)25-20(29)11-27-21(30)16-4-2-3-5-17(16)22(27)31/h2-7,10,12H,8-9,11H2,1H3,(H,24,25,29). The molecule has 1 aromatic heterocycles. The van der Waals surface area contributed by atoms with Crippen molar-refractivity contribution >= 4 is 45.8 Å². The second-order valence-electron chi connectivity index (χ2n) is 7.59. The van der Waals surface area contributed by atoms with Crippen molar-refractivity contribution in [1.82, 2.24) is 9.88 Å². The van der Waals surface area contributed by atoms with E-state index in [-0.39, 0.29) is 12.5 Å².